The van der Waals surface area contributed by atoms with Gasteiger partial charge < -0.3 is 14.8 Å². The zero-order valence-corrected chi connectivity index (χ0v) is 14.5. The topological polar surface area (TPSA) is 64.6 Å². The molecule has 8 heteroatoms. The average Bonchev–Trinajstić information content (AvgIpc) is 2.61. The number of hydrogen-bond donors (Lipinski definition) is 1. The molecule has 27 heavy (non-hydrogen) atoms. The number of anilines is 1. The number of halogens is 3. The molecule has 0 radical (unpaired) electrons. The van der Waals surface area contributed by atoms with Crippen LogP contribution >= 0.6 is 0 Å². The molecule has 144 valence electrons. The van der Waals surface area contributed by atoms with Gasteiger partial charge in [0.05, 0.1) is 12.3 Å². The van der Waals surface area contributed by atoms with Gasteiger partial charge in [0, 0.05) is 18.4 Å². The lowest BCUT2D eigenvalue weighted by Crippen LogP contribution is -2.19. The molecular formula is C19H18F3NO4. The van der Waals surface area contributed by atoms with Gasteiger partial charge in [-0.1, -0.05) is 12.1 Å². The van der Waals surface area contributed by atoms with Crippen molar-refractivity contribution in [2.45, 2.75) is 26.1 Å². The van der Waals surface area contributed by atoms with E-state index < -0.39 is 18.0 Å². The van der Waals surface area contributed by atoms with Crippen molar-refractivity contribution in [3.8, 4) is 11.5 Å². The van der Waals surface area contributed by atoms with Crippen molar-refractivity contribution in [3.63, 3.8) is 0 Å². The summed E-state index contributed by atoms with van der Waals surface area (Å²) in [6.45, 7) is 2.35. The SMILES string of the molecule is CCOc1ccc(C(=O)CCC(=O)Nc2ccccc2OC(F)(F)F)cc1. The lowest BCUT2D eigenvalue weighted by Gasteiger charge is -2.13. The van der Waals surface area contributed by atoms with Gasteiger partial charge in [0.1, 0.15) is 5.75 Å². The Morgan fingerprint density at radius 3 is 2.30 bits per heavy atom. The molecule has 1 amide bonds. The molecule has 0 saturated carbocycles. The standard InChI is InChI=1S/C19H18F3NO4/c1-2-26-14-9-7-13(8-10-14)16(24)11-12-18(25)23-15-5-3-4-6-17(15)27-19(20,21)22/h3-10H,2,11-12H2,1H3,(H,23,25). The highest BCUT2D eigenvalue weighted by atomic mass is 19.4. The fourth-order valence-corrected chi connectivity index (χ4v) is 2.27. The molecule has 2 aromatic carbocycles. The molecule has 0 aliphatic rings. The van der Waals surface area contributed by atoms with Crippen molar-refractivity contribution in [2.24, 2.45) is 0 Å². The summed E-state index contributed by atoms with van der Waals surface area (Å²) in [6.07, 6.45) is -5.13. The van der Waals surface area contributed by atoms with E-state index in [2.05, 4.69) is 10.1 Å². The van der Waals surface area contributed by atoms with Gasteiger partial charge in [-0.15, -0.1) is 13.2 Å². The third kappa shape index (κ3) is 6.65. The number of ether oxygens (including phenoxy) is 2. The van der Waals surface area contributed by atoms with Crippen LogP contribution in [0.15, 0.2) is 48.5 Å². The monoisotopic (exact) mass is 381 g/mol. The van der Waals surface area contributed by atoms with Crippen molar-refractivity contribution in [1.29, 1.82) is 0 Å². The second kappa shape index (κ2) is 9.07. The van der Waals surface area contributed by atoms with E-state index in [-0.39, 0.29) is 24.3 Å². The third-order valence-electron chi connectivity index (χ3n) is 3.45. The summed E-state index contributed by atoms with van der Waals surface area (Å²) in [5, 5.41) is 2.33. The fourth-order valence-electron chi connectivity index (χ4n) is 2.27. The van der Waals surface area contributed by atoms with Crippen molar-refractivity contribution in [3.05, 3.63) is 54.1 Å². The number of amides is 1. The summed E-state index contributed by atoms with van der Waals surface area (Å²) in [4.78, 5) is 24.1. The summed E-state index contributed by atoms with van der Waals surface area (Å²) in [5.74, 6) is -0.732. The van der Waals surface area contributed by atoms with Crippen LogP contribution in [-0.2, 0) is 4.79 Å². The van der Waals surface area contributed by atoms with Crippen molar-refractivity contribution < 1.29 is 32.2 Å². The number of carbonyl (C=O) groups is 2. The van der Waals surface area contributed by atoms with Crippen LogP contribution in [0.2, 0.25) is 0 Å². The van der Waals surface area contributed by atoms with Gasteiger partial charge in [-0.2, -0.15) is 0 Å². The highest BCUT2D eigenvalue weighted by Crippen LogP contribution is 2.30. The molecule has 2 aromatic rings. The van der Waals surface area contributed by atoms with E-state index in [1.165, 1.54) is 18.2 Å². The van der Waals surface area contributed by atoms with Crippen LogP contribution in [0.25, 0.3) is 0 Å². The van der Waals surface area contributed by atoms with Gasteiger partial charge >= 0.3 is 6.36 Å². The number of carbonyl (C=O) groups excluding carboxylic acids is 2. The van der Waals surface area contributed by atoms with Crippen LogP contribution in [0, 0.1) is 0 Å². The minimum atomic E-state index is -4.87. The molecule has 0 aliphatic heterocycles. The molecule has 0 unspecified atom stereocenters. The first-order valence-electron chi connectivity index (χ1n) is 8.19. The van der Waals surface area contributed by atoms with Crippen molar-refractivity contribution in [1.82, 2.24) is 0 Å². The molecule has 0 saturated heterocycles. The molecule has 0 fully saturated rings. The van der Waals surface area contributed by atoms with Crippen LogP contribution < -0.4 is 14.8 Å². The quantitative estimate of drug-likeness (QED) is 0.680. The van der Waals surface area contributed by atoms with Crippen LogP contribution in [-0.4, -0.2) is 24.7 Å². The molecule has 0 spiro atoms. The molecule has 0 aromatic heterocycles. The molecule has 1 N–H and O–H groups in total. The number of nitrogens with one attached hydrogen (secondary N) is 1. The summed E-state index contributed by atoms with van der Waals surface area (Å²) < 4.78 is 46.3. The molecule has 0 atom stereocenters. The smallest absolute Gasteiger partial charge is 0.494 e. The number of ketones is 1. The van der Waals surface area contributed by atoms with Crippen LogP contribution in [0.1, 0.15) is 30.1 Å². The summed E-state index contributed by atoms with van der Waals surface area (Å²) in [5.41, 5.74) is 0.306. The zero-order chi connectivity index (χ0) is 19.9. The van der Waals surface area contributed by atoms with Crippen LogP contribution in [0.3, 0.4) is 0 Å². The zero-order valence-electron chi connectivity index (χ0n) is 14.5. The molecule has 0 bridgehead atoms. The highest BCUT2D eigenvalue weighted by Gasteiger charge is 2.32. The maximum Gasteiger partial charge on any atom is 0.573 e. The Labute approximate surface area is 154 Å². The minimum Gasteiger partial charge on any atom is -0.494 e. The largest absolute Gasteiger partial charge is 0.573 e. The molecule has 2 rings (SSSR count). The molecule has 5 nitrogen and oxygen atoms in total. The first-order chi connectivity index (χ1) is 12.8. The normalized spacial score (nSPS) is 11.0. The number of alkyl halides is 3. The van der Waals surface area contributed by atoms with Gasteiger partial charge in [-0.25, -0.2) is 0 Å². The first kappa shape index (κ1) is 20.3. The average molecular weight is 381 g/mol. The van der Waals surface area contributed by atoms with E-state index >= 15 is 0 Å². The second-order valence-corrected chi connectivity index (χ2v) is 5.47. The van der Waals surface area contributed by atoms with Crippen LogP contribution in [0.5, 0.6) is 11.5 Å². The van der Waals surface area contributed by atoms with E-state index in [4.69, 9.17) is 4.74 Å². The van der Waals surface area contributed by atoms with Gasteiger partial charge in [0.2, 0.25) is 5.91 Å². The number of hydrogen-bond acceptors (Lipinski definition) is 4. The van der Waals surface area contributed by atoms with E-state index in [0.29, 0.717) is 17.9 Å². The third-order valence-corrected chi connectivity index (χ3v) is 3.45. The van der Waals surface area contributed by atoms with Gasteiger partial charge in [-0.3, -0.25) is 9.59 Å². The predicted octanol–water partition coefficient (Wildman–Crippen LogP) is 4.59. The Bertz CT molecular complexity index is 788. The van der Waals surface area contributed by atoms with E-state index in [9.17, 15) is 22.8 Å². The van der Waals surface area contributed by atoms with Gasteiger partial charge in [0.15, 0.2) is 11.5 Å². The molecular weight excluding hydrogens is 363 g/mol. The Morgan fingerprint density at radius 1 is 1.00 bits per heavy atom. The maximum atomic E-state index is 12.4. The molecule has 0 aliphatic carbocycles. The Morgan fingerprint density at radius 2 is 1.67 bits per heavy atom. The molecule has 0 heterocycles. The first-order valence-corrected chi connectivity index (χ1v) is 8.19. The lowest BCUT2D eigenvalue weighted by atomic mass is 10.1. The van der Waals surface area contributed by atoms with Crippen LogP contribution in [0.4, 0.5) is 18.9 Å². The predicted molar refractivity (Wildman–Crippen MR) is 92.9 cm³/mol. The summed E-state index contributed by atoms with van der Waals surface area (Å²) in [7, 11) is 0. The summed E-state index contributed by atoms with van der Waals surface area (Å²) >= 11 is 0. The Hall–Kier alpha value is -3.03. The van der Waals surface area contributed by atoms with Crippen molar-refractivity contribution in [2.75, 3.05) is 11.9 Å². The number of Topliss-reactive ketones (excluding diaryl/α,β-unsaturated/α-hetero) is 1. The number of benzene rings is 2. The fraction of sp³-hybridized carbons (Fsp3) is 0.263. The maximum absolute atomic E-state index is 12.4. The second-order valence-electron chi connectivity index (χ2n) is 5.47. The highest BCUT2D eigenvalue weighted by molar-refractivity contribution is 6.00. The number of para-hydroxylation sites is 2. The van der Waals surface area contributed by atoms with E-state index in [0.717, 1.165) is 6.07 Å². The number of rotatable bonds is 8. The summed E-state index contributed by atoms with van der Waals surface area (Å²) in [6, 6.07) is 11.7. The Balaban J connectivity index is 1.92. The van der Waals surface area contributed by atoms with Crippen molar-refractivity contribution >= 4 is 17.4 Å². The lowest BCUT2D eigenvalue weighted by molar-refractivity contribution is -0.274. The minimum absolute atomic E-state index is 0.0812. The van der Waals surface area contributed by atoms with E-state index in [1.807, 2.05) is 6.92 Å². The Kier molecular flexibility index (Phi) is 6.81. The van der Waals surface area contributed by atoms with Gasteiger partial charge in [-0.05, 0) is 43.3 Å². The van der Waals surface area contributed by atoms with Gasteiger partial charge in [0.25, 0.3) is 0 Å². The van der Waals surface area contributed by atoms with E-state index in [1.54, 1.807) is 24.3 Å².